The van der Waals surface area contributed by atoms with Gasteiger partial charge >= 0.3 is 6.09 Å². The number of nitrogens with zero attached hydrogens (tertiary/aromatic N) is 1. The van der Waals surface area contributed by atoms with Gasteiger partial charge in [0.25, 0.3) is 0 Å². The predicted molar refractivity (Wildman–Crippen MR) is 89.2 cm³/mol. The molecule has 2 rings (SSSR count). The number of ether oxygens (including phenoxy) is 1. The highest BCUT2D eigenvalue weighted by Gasteiger charge is 2.34. The van der Waals surface area contributed by atoms with Gasteiger partial charge in [0.05, 0.1) is 0 Å². The van der Waals surface area contributed by atoms with E-state index in [0.717, 1.165) is 13.0 Å². The van der Waals surface area contributed by atoms with Crippen LogP contribution in [0.3, 0.4) is 0 Å². The van der Waals surface area contributed by atoms with Gasteiger partial charge in [-0.1, -0.05) is 24.3 Å². The van der Waals surface area contributed by atoms with Crippen LogP contribution in [0.1, 0.15) is 44.2 Å². The SMILES string of the molecule is CN[C@H]1CCN(C(=O)OC(C)(C)C)C[C@@H]1c1ccccc1C. The van der Waals surface area contributed by atoms with Gasteiger partial charge in [0, 0.05) is 25.0 Å². The lowest BCUT2D eigenvalue weighted by Crippen LogP contribution is -2.50. The zero-order valence-electron chi connectivity index (χ0n) is 14.3. The summed E-state index contributed by atoms with van der Waals surface area (Å²) in [6.45, 7) is 9.29. The van der Waals surface area contributed by atoms with E-state index in [2.05, 4.69) is 36.5 Å². The van der Waals surface area contributed by atoms with E-state index in [0.29, 0.717) is 18.5 Å². The van der Waals surface area contributed by atoms with Crippen molar-refractivity contribution < 1.29 is 9.53 Å². The number of piperidine rings is 1. The molecular formula is C18H28N2O2. The Labute approximate surface area is 133 Å². The minimum absolute atomic E-state index is 0.208. The average Bonchev–Trinajstić information content (AvgIpc) is 2.45. The van der Waals surface area contributed by atoms with Crippen LogP contribution in [0.15, 0.2) is 24.3 Å². The van der Waals surface area contributed by atoms with Gasteiger partial charge in [0.1, 0.15) is 5.60 Å². The largest absolute Gasteiger partial charge is 0.444 e. The molecule has 0 unspecified atom stereocenters. The van der Waals surface area contributed by atoms with Crippen LogP contribution in [0.4, 0.5) is 4.79 Å². The molecule has 1 aromatic carbocycles. The number of benzene rings is 1. The standard InChI is InChI=1S/C18H28N2O2/c1-13-8-6-7-9-14(13)15-12-20(11-10-16(15)19-5)17(21)22-18(2,3)4/h6-9,15-16,19H,10-12H2,1-5H3/t15-,16+/m1/s1. The molecular weight excluding hydrogens is 276 g/mol. The van der Waals surface area contributed by atoms with Crippen LogP contribution in [0.25, 0.3) is 0 Å². The first-order chi connectivity index (χ1) is 10.3. The smallest absolute Gasteiger partial charge is 0.410 e. The van der Waals surface area contributed by atoms with E-state index in [1.807, 2.05) is 32.7 Å². The van der Waals surface area contributed by atoms with Crippen molar-refractivity contribution in [1.82, 2.24) is 10.2 Å². The second kappa shape index (κ2) is 6.69. The minimum atomic E-state index is -0.449. The van der Waals surface area contributed by atoms with E-state index < -0.39 is 5.60 Å². The molecule has 22 heavy (non-hydrogen) atoms. The Hall–Kier alpha value is -1.55. The second-order valence-electron chi connectivity index (χ2n) is 7.07. The Morgan fingerprint density at radius 2 is 2.00 bits per heavy atom. The van der Waals surface area contributed by atoms with Crippen molar-refractivity contribution >= 4 is 6.09 Å². The van der Waals surface area contributed by atoms with Gasteiger partial charge in [0.15, 0.2) is 0 Å². The number of hydrogen-bond acceptors (Lipinski definition) is 3. The lowest BCUT2D eigenvalue weighted by molar-refractivity contribution is 0.0177. The first kappa shape index (κ1) is 16.8. The first-order valence-electron chi connectivity index (χ1n) is 8.02. The van der Waals surface area contributed by atoms with Crippen molar-refractivity contribution in [2.75, 3.05) is 20.1 Å². The molecule has 4 heteroatoms. The monoisotopic (exact) mass is 304 g/mol. The topological polar surface area (TPSA) is 41.6 Å². The third-order valence-electron chi connectivity index (χ3n) is 4.22. The van der Waals surface area contributed by atoms with Crippen molar-refractivity contribution in [2.24, 2.45) is 0 Å². The molecule has 0 spiro atoms. The maximum Gasteiger partial charge on any atom is 0.410 e. The van der Waals surface area contributed by atoms with E-state index in [1.54, 1.807) is 0 Å². The van der Waals surface area contributed by atoms with Crippen molar-refractivity contribution in [3.8, 4) is 0 Å². The zero-order chi connectivity index (χ0) is 16.3. The fourth-order valence-corrected chi connectivity index (χ4v) is 3.11. The van der Waals surface area contributed by atoms with Crippen molar-refractivity contribution in [1.29, 1.82) is 0 Å². The number of carbonyl (C=O) groups excluding carboxylic acids is 1. The number of aryl methyl sites for hydroxylation is 1. The number of carbonyl (C=O) groups is 1. The molecule has 1 fully saturated rings. The van der Waals surface area contributed by atoms with Gasteiger partial charge in [-0.3, -0.25) is 0 Å². The molecule has 0 aliphatic carbocycles. The number of amides is 1. The van der Waals surface area contributed by atoms with Crippen LogP contribution in [-0.4, -0.2) is 42.8 Å². The molecule has 4 nitrogen and oxygen atoms in total. The summed E-state index contributed by atoms with van der Waals surface area (Å²) in [6.07, 6.45) is 0.731. The molecule has 0 bridgehead atoms. The molecule has 2 atom stereocenters. The highest BCUT2D eigenvalue weighted by Crippen LogP contribution is 2.30. The maximum atomic E-state index is 12.4. The third kappa shape index (κ3) is 4.01. The lowest BCUT2D eigenvalue weighted by atomic mass is 9.84. The van der Waals surface area contributed by atoms with E-state index in [-0.39, 0.29) is 6.09 Å². The second-order valence-corrected chi connectivity index (χ2v) is 7.07. The highest BCUT2D eigenvalue weighted by atomic mass is 16.6. The Bertz CT molecular complexity index is 522. The number of likely N-dealkylation sites (N-methyl/N-ethyl adjacent to an activating group) is 1. The van der Waals surface area contributed by atoms with Crippen LogP contribution in [0.5, 0.6) is 0 Å². The fourth-order valence-electron chi connectivity index (χ4n) is 3.11. The molecule has 1 aromatic rings. The highest BCUT2D eigenvalue weighted by molar-refractivity contribution is 5.68. The first-order valence-corrected chi connectivity index (χ1v) is 8.02. The molecule has 1 aliphatic heterocycles. The summed E-state index contributed by atoms with van der Waals surface area (Å²) in [6, 6.07) is 8.82. The van der Waals surface area contributed by atoms with Crippen LogP contribution in [0.2, 0.25) is 0 Å². The van der Waals surface area contributed by atoms with Gasteiger partial charge in [-0.05, 0) is 52.3 Å². The van der Waals surface area contributed by atoms with Gasteiger partial charge in [-0.25, -0.2) is 4.79 Å². The summed E-state index contributed by atoms with van der Waals surface area (Å²) >= 11 is 0. The van der Waals surface area contributed by atoms with Crippen molar-refractivity contribution in [3.05, 3.63) is 35.4 Å². The normalized spacial score (nSPS) is 22.5. The quantitative estimate of drug-likeness (QED) is 0.911. The Morgan fingerprint density at radius 3 is 2.59 bits per heavy atom. The molecule has 1 aliphatic rings. The van der Waals surface area contributed by atoms with E-state index in [1.165, 1.54) is 11.1 Å². The van der Waals surface area contributed by atoms with E-state index >= 15 is 0 Å². The fraction of sp³-hybridized carbons (Fsp3) is 0.611. The lowest BCUT2D eigenvalue weighted by Gasteiger charge is -2.39. The summed E-state index contributed by atoms with van der Waals surface area (Å²) in [5.41, 5.74) is 2.14. The van der Waals surface area contributed by atoms with Crippen LogP contribution in [-0.2, 0) is 4.74 Å². The average molecular weight is 304 g/mol. The molecule has 0 saturated carbocycles. The summed E-state index contributed by atoms with van der Waals surface area (Å²) < 4.78 is 5.53. The van der Waals surface area contributed by atoms with Crippen molar-refractivity contribution in [2.45, 2.75) is 51.7 Å². The number of nitrogens with one attached hydrogen (secondary N) is 1. The molecule has 1 saturated heterocycles. The summed E-state index contributed by atoms with van der Waals surface area (Å²) in [4.78, 5) is 14.2. The summed E-state index contributed by atoms with van der Waals surface area (Å²) in [5.74, 6) is 0.299. The van der Waals surface area contributed by atoms with E-state index in [4.69, 9.17) is 4.74 Å². The number of likely N-dealkylation sites (tertiary alicyclic amines) is 1. The molecule has 0 radical (unpaired) electrons. The van der Waals surface area contributed by atoms with Crippen LogP contribution >= 0.6 is 0 Å². The van der Waals surface area contributed by atoms with Gasteiger partial charge in [0.2, 0.25) is 0 Å². The predicted octanol–water partition coefficient (Wildman–Crippen LogP) is 3.31. The molecule has 0 aromatic heterocycles. The maximum absolute atomic E-state index is 12.4. The Kier molecular flexibility index (Phi) is 5.12. The number of hydrogen-bond donors (Lipinski definition) is 1. The molecule has 1 amide bonds. The molecule has 122 valence electrons. The van der Waals surface area contributed by atoms with E-state index in [9.17, 15) is 4.79 Å². The van der Waals surface area contributed by atoms with Gasteiger partial charge in [-0.15, -0.1) is 0 Å². The Morgan fingerprint density at radius 1 is 1.32 bits per heavy atom. The van der Waals surface area contributed by atoms with Gasteiger partial charge < -0.3 is 15.0 Å². The van der Waals surface area contributed by atoms with Crippen LogP contribution < -0.4 is 5.32 Å². The summed E-state index contributed by atoms with van der Waals surface area (Å²) in [7, 11) is 2.00. The molecule has 1 N–H and O–H groups in total. The third-order valence-corrected chi connectivity index (χ3v) is 4.22. The Balaban J connectivity index is 2.17. The summed E-state index contributed by atoms with van der Waals surface area (Å²) in [5, 5.41) is 3.41. The van der Waals surface area contributed by atoms with Crippen LogP contribution in [0, 0.1) is 6.92 Å². The van der Waals surface area contributed by atoms with Crippen molar-refractivity contribution in [3.63, 3.8) is 0 Å². The number of rotatable bonds is 2. The minimum Gasteiger partial charge on any atom is -0.444 e. The van der Waals surface area contributed by atoms with Gasteiger partial charge in [-0.2, -0.15) is 0 Å². The zero-order valence-corrected chi connectivity index (χ0v) is 14.3. The molecule has 1 heterocycles.